The van der Waals surface area contributed by atoms with Crippen molar-refractivity contribution in [2.45, 2.75) is 19.1 Å². The van der Waals surface area contributed by atoms with Crippen molar-refractivity contribution in [1.82, 2.24) is 20.3 Å². The third-order valence-electron chi connectivity index (χ3n) is 3.63. The molecule has 0 spiro atoms. The van der Waals surface area contributed by atoms with Crippen LogP contribution in [0.15, 0.2) is 48.0 Å². The fourth-order valence-electron chi connectivity index (χ4n) is 2.36. The van der Waals surface area contributed by atoms with Gasteiger partial charge in [0.25, 0.3) is 5.91 Å². The van der Waals surface area contributed by atoms with Gasteiger partial charge >= 0.3 is 0 Å². The average Bonchev–Trinajstić information content (AvgIpc) is 3.27. The van der Waals surface area contributed by atoms with Crippen molar-refractivity contribution < 1.29 is 14.3 Å². The number of amides is 1. The molecule has 0 saturated heterocycles. The standard InChI is InChI=1S/C17H17FN4O2S/c18-14-6-2-1-5-13(14)16(23)11-22-10-15(20-21-22)17(24)19-8-7-12-4-3-9-25-12/h1-6,9-10,16,23H,7-8,11H2,(H,19,24)/t16-/m1/s1. The van der Waals surface area contributed by atoms with Crippen molar-refractivity contribution in [3.8, 4) is 0 Å². The van der Waals surface area contributed by atoms with E-state index in [1.807, 2.05) is 17.5 Å². The Bertz CT molecular complexity index is 835. The number of benzene rings is 1. The van der Waals surface area contributed by atoms with Crippen LogP contribution in [0.3, 0.4) is 0 Å². The van der Waals surface area contributed by atoms with Gasteiger partial charge in [-0.2, -0.15) is 0 Å². The van der Waals surface area contributed by atoms with E-state index in [-0.39, 0.29) is 23.7 Å². The van der Waals surface area contributed by atoms with Crippen LogP contribution < -0.4 is 5.32 Å². The monoisotopic (exact) mass is 360 g/mol. The van der Waals surface area contributed by atoms with E-state index >= 15 is 0 Å². The van der Waals surface area contributed by atoms with Gasteiger partial charge in [-0.05, 0) is 23.9 Å². The number of nitrogens with one attached hydrogen (secondary N) is 1. The van der Waals surface area contributed by atoms with Crippen molar-refractivity contribution >= 4 is 17.2 Å². The minimum absolute atomic E-state index is 0.0103. The van der Waals surface area contributed by atoms with Crippen LogP contribution in [-0.2, 0) is 13.0 Å². The van der Waals surface area contributed by atoms with Crippen LogP contribution in [0.5, 0.6) is 0 Å². The van der Waals surface area contributed by atoms with Gasteiger partial charge in [-0.3, -0.25) is 4.79 Å². The second-order valence-electron chi connectivity index (χ2n) is 5.45. The molecule has 0 aliphatic carbocycles. The molecule has 0 bridgehead atoms. The number of hydrogen-bond donors (Lipinski definition) is 2. The van der Waals surface area contributed by atoms with Gasteiger partial charge < -0.3 is 10.4 Å². The molecule has 3 aromatic rings. The molecular weight excluding hydrogens is 343 g/mol. The van der Waals surface area contributed by atoms with Gasteiger partial charge in [0.15, 0.2) is 5.69 Å². The first-order valence-corrected chi connectivity index (χ1v) is 8.64. The van der Waals surface area contributed by atoms with Crippen LogP contribution in [0, 0.1) is 5.82 Å². The number of aliphatic hydroxyl groups excluding tert-OH is 1. The molecule has 0 aliphatic rings. The number of carbonyl (C=O) groups is 1. The predicted molar refractivity (Wildman–Crippen MR) is 91.7 cm³/mol. The Balaban J connectivity index is 1.54. The van der Waals surface area contributed by atoms with Crippen LogP contribution in [0.1, 0.15) is 27.0 Å². The number of aliphatic hydroxyl groups is 1. The fourth-order valence-corrected chi connectivity index (χ4v) is 3.07. The Kier molecular flexibility index (Phi) is 5.52. The summed E-state index contributed by atoms with van der Waals surface area (Å²) in [6, 6.07) is 9.97. The van der Waals surface area contributed by atoms with Crippen LogP contribution in [0.2, 0.25) is 0 Å². The topological polar surface area (TPSA) is 80.0 Å². The lowest BCUT2D eigenvalue weighted by molar-refractivity contribution is 0.0949. The van der Waals surface area contributed by atoms with Crippen molar-refractivity contribution in [3.05, 3.63) is 69.9 Å². The van der Waals surface area contributed by atoms with Gasteiger partial charge in [0.1, 0.15) is 11.9 Å². The molecule has 25 heavy (non-hydrogen) atoms. The van der Waals surface area contributed by atoms with E-state index < -0.39 is 11.9 Å². The summed E-state index contributed by atoms with van der Waals surface area (Å²) in [5.74, 6) is -0.815. The zero-order valence-electron chi connectivity index (χ0n) is 13.3. The number of carbonyl (C=O) groups excluding carboxylic acids is 1. The van der Waals surface area contributed by atoms with E-state index in [9.17, 15) is 14.3 Å². The SMILES string of the molecule is O=C(NCCc1cccs1)c1cn(C[C@@H](O)c2ccccc2F)nn1. The van der Waals surface area contributed by atoms with E-state index in [2.05, 4.69) is 15.6 Å². The van der Waals surface area contributed by atoms with Gasteiger partial charge in [-0.15, -0.1) is 16.4 Å². The summed E-state index contributed by atoms with van der Waals surface area (Å²) >= 11 is 1.64. The van der Waals surface area contributed by atoms with Gasteiger partial charge in [-0.1, -0.05) is 29.5 Å². The molecule has 3 rings (SSSR count). The van der Waals surface area contributed by atoms with E-state index in [1.54, 1.807) is 23.5 Å². The molecule has 130 valence electrons. The number of hydrogen-bond acceptors (Lipinski definition) is 5. The van der Waals surface area contributed by atoms with Gasteiger partial charge in [0.05, 0.1) is 12.7 Å². The lowest BCUT2D eigenvalue weighted by Crippen LogP contribution is -2.25. The number of rotatable bonds is 7. The highest BCUT2D eigenvalue weighted by molar-refractivity contribution is 7.09. The molecule has 6 nitrogen and oxygen atoms in total. The maximum absolute atomic E-state index is 13.7. The fraction of sp³-hybridized carbons (Fsp3) is 0.235. The molecule has 1 atom stereocenters. The number of halogens is 1. The largest absolute Gasteiger partial charge is 0.386 e. The predicted octanol–water partition coefficient (Wildman–Crippen LogP) is 2.18. The number of thiophene rings is 1. The van der Waals surface area contributed by atoms with Crippen molar-refractivity contribution in [2.24, 2.45) is 0 Å². The number of aromatic nitrogens is 3. The molecule has 0 aliphatic heterocycles. The highest BCUT2D eigenvalue weighted by Crippen LogP contribution is 2.18. The summed E-state index contributed by atoms with van der Waals surface area (Å²) in [7, 11) is 0. The number of nitrogens with zero attached hydrogens (tertiary/aromatic N) is 3. The first-order valence-electron chi connectivity index (χ1n) is 7.76. The molecule has 2 N–H and O–H groups in total. The first kappa shape index (κ1) is 17.2. The molecule has 1 aromatic carbocycles. The molecule has 0 unspecified atom stereocenters. The molecule has 0 radical (unpaired) electrons. The van der Waals surface area contributed by atoms with Crippen LogP contribution in [-0.4, -0.2) is 32.6 Å². The Morgan fingerprint density at radius 1 is 1.32 bits per heavy atom. The first-order chi connectivity index (χ1) is 12.1. The highest BCUT2D eigenvalue weighted by atomic mass is 32.1. The Hall–Kier alpha value is -2.58. The quantitative estimate of drug-likeness (QED) is 0.677. The zero-order valence-corrected chi connectivity index (χ0v) is 14.1. The summed E-state index contributed by atoms with van der Waals surface area (Å²) in [6.07, 6.45) is 1.12. The summed E-state index contributed by atoms with van der Waals surface area (Å²) in [5, 5.41) is 22.5. The van der Waals surface area contributed by atoms with Crippen LogP contribution in [0.25, 0.3) is 0 Å². The lowest BCUT2D eigenvalue weighted by atomic mass is 10.1. The molecule has 2 aromatic heterocycles. The zero-order chi connectivity index (χ0) is 17.6. The Morgan fingerprint density at radius 2 is 2.16 bits per heavy atom. The van der Waals surface area contributed by atoms with E-state index in [1.165, 1.54) is 27.9 Å². The highest BCUT2D eigenvalue weighted by Gasteiger charge is 2.16. The van der Waals surface area contributed by atoms with E-state index in [4.69, 9.17) is 0 Å². The minimum Gasteiger partial charge on any atom is -0.386 e. The third kappa shape index (κ3) is 4.49. The minimum atomic E-state index is -1.07. The molecule has 1 amide bonds. The maximum Gasteiger partial charge on any atom is 0.273 e. The Labute approximate surface area is 147 Å². The molecule has 8 heteroatoms. The summed E-state index contributed by atoms with van der Waals surface area (Å²) in [5.41, 5.74) is 0.340. The normalized spacial score (nSPS) is 12.1. The Morgan fingerprint density at radius 3 is 2.92 bits per heavy atom. The second kappa shape index (κ2) is 8.00. The van der Waals surface area contributed by atoms with E-state index in [0.717, 1.165) is 6.42 Å². The lowest BCUT2D eigenvalue weighted by Gasteiger charge is -2.11. The summed E-state index contributed by atoms with van der Waals surface area (Å²) in [4.78, 5) is 13.2. The third-order valence-corrected chi connectivity index (χ3v) is 4.57. The van der Waals surface area contributed by atoms with Gasteiger partial charge in [-0.25, -0.2) is 9.07 Å². The molecular formula is C17H17FN4O2S. The molecule has 0 fully saturated rings. The van der Waals surface area contributed by atoms with Gasteiger partial charge in [0.2, 0.25) is 0 Å². The van der Waals surface area contributed by atoms with Crippen LogP contribution in [0.4, 0.5) is 4.39 Å². The summed E-state index contributed by atoms with van der Waals surface area (Å²) in [6.45, 7) is 0.514. The van der Waals surface area contributed by atoms with Gasteiger partial charge in [0, 0.05) is 17.0 Å². The van der Waals surface area contributed by atoms with E-state index in [0.29, 0.717) is 6.54 Å². The second-order valence-corrected chi connectivity index (χ2v) is 6.48. The molecule has 0 saturated carbocycles. The maximum atomic E-state index is 13.7. The van der Waals surface area contributed by atoms with Crippen molar-refractivity contribution in [1.29, 1.82) is 0 Å². The average molecular weight is 360 g/mol. The summed E-state index contributed by atoms with van der Waals surface area (Å²) < 4.78 is 15.0. The van der Waals surface area contributed by atoms with Crippen molar-refractivity contribution in [3.63, 3.8) is 0 Å². The van der Waals surface area contributed by atoms with Crippen LogP contribution >= 0.6 is 11.3 Å². The molecule has 2 heterocycles. The smallest absolute Gasteiger partial charge is 0.273 e. The van der Waals surface area contributed by atoms with Crippen molar-refractivity contribution in [2.75, 3.05) is 6.54 Å².